The number of benzene rings is 1. The molecule has 1 amide bonds. The summed E-state index contributed by atoms with van der Waals surface area (Å²) in [7, 11) is 4.96. The average molecular weight is 421 g/mol. The number of hydrogen-bond acceptors (Lipinski definition) is 6. The Bertz CT molecular complexity index is 682. The standard InChI is InChI=1S/C23H36N2O5/c1-27-20-14-22(29-3)21(28-2)13-18(20)16-25-10-8-17(9-11-25)6-7-23(26)24-15-19-5-4-12-30-19/h13-14,17,19H,4-12,15-16H2,1-3H3,(H,24,26)/t19-/m0/s1. The van der Waals surface area contributed by atoms with Crippen molar-refractivity contribution >= 4 is 5.91 Å². The van der Waals surface area contributed by atoms with Gasteiger partial charge in [0.25, 0.3) is 0 Å². The number of hydrogen-bond donors (Lipinski definition) is 1. The van der Waals surface area contributed by atoms with Crippen molar-refractivity contribution in [3.05, 3.63) is 17.7 Å². The third-order valence-electron chi connectivity index (χ3n) is 6.22. The smallest absolute Gasteiger partial charge is 0.220 e. The van der Waals surface area contributed by atoms with Crippen LogP contribution in [0.1, 0.15) is 44.1 Å². The number of carbonyl (C=O) groups excluding carboxylic acids is 1. The van der Waals surface area contributed by atoms with E-state index in [9.17, 15) is 4.79 Å². The molecule has 0 bridgehead atoms. The first-order valence-corrected chi connectivity index (χ1v) is 11.0. The van der Waals surface area contributed by atoms with Gasteiger partial charge in [0.15, 0.2) is 11.5 Å². The summed E-state index contributed by atoms with van der Waals surface area (Å²) in [6.45, 7) is 4.36. The van der Waals surface area contributed by atoms with Gasteiger partial charge in [0, 0.05) is 37.7 Å². The predicted molar refractivity (Wildman–Crippen MR) is 115 cm³/mol. The van der Waals surface area contributed by atoms with Gasteiger partial charge in [-0.15, -0.1) is 0 Å². The summed E-state index contributed by atoms with van der Waals surface area (Å²) in [5.41, 5.74) is 1.10. The number of likely N-dealkylation sites (tertiary alicyclic amines) is 1. The molecule has 2 aliphatic rings. The molecule has 0 aliphatic carbocycles. The lowest BCUT2D eigenvalue weighted by Crippen LogP contribution is -2.35. The highest BCUT2D eigenvalue weighted by Gasteiger charge is 2.22. The molecule has 0 saturated carbocycles. The number of amides is 1. The SMILES string of the molecule is COc1cc(OC)c(OC)cc1CN1CCC(CCC(=O)NC[C@@H]2CCCO2)CC1. The van der Waals surface area contributed by atoms with Crippen molar-refractivity contribution in [1.29, 1.82) is 0 Å². The van der Waals surface area contributed by atoms with Gasteiger partial charge < -0.3 is 24.3 Å². The van der Waals surface area contributed by atoms with E-state index >= 15 is 0 Å². The van der Waals surface area contributed by atoms with Crippen molar-refractivity contribution in [1.82, 2.24) is 10.2 Å². The van der Waals surface area contributed by atoms with Crippen LogP contribution >= 0.6 is 0 Å². The van der Waals surface area contributed by atoms with Crippen LogP contribution in [-0.4, -0.2) is 64.5 Å². The van der Waals surface area contributed by atoms with E-state index in [0.29, 0.717) is 24.6 Å². The zero-order valence-corrected chi connectivity index (χ0v) is 18.6. The maximum Gasteiger partial charge on any atom is 0.220 e. The van der Waals surface area contributed by atoms with E-state index < -0.39 is 0 Å². The van der Waals surface area contributed by atoms with Crippen molar-refractivity contribution in [2.45, 2.75) is 51.2 Å². The van der Waals surface area contributed by atoms with Crippen LogP contribution in [0.2, 0.25) is 0 Å². The molecule has 2 aliphatic heterocycles. The van der Waals surface area contributed by atoms with Crippen LogP contribution in [0.25, 0.3) is 0 Å². The van der Waals surface area contributed by atoms with E-state index in [2.05, 4.69) is 10.2 Å². The molecule has 1 N–H and O–H groups in total. The molecule has 0 spiro atoms. The van der Waals surface area contributed by atoms with Crippen molar-refractivity contribution < 1.29 is 23.7 Å². The lowest BCUT2D eigenvalue weighted by molar-refractivity contribution is -0.122. The van der Waals surface area contributed by atoms with E-state index in [4.69, 9.17) is 18.9 Å². The van der Waals surface area contributed by atoms with E-state index in [0.717, 1.165) is 75.4 Å². The Balaban J connectivity index is 1.41. The zero-order valence-electron chi connectivity index (χ0n) is 18.6. The Hall–Kier alpha value is -1.99. The first-order chi connectivity index (χ1) is 14.6. The van der Waals surface area contributed by atoms with Crippen molar-refractivity contribution in [2.75, 3.05) is 47.6 Å². The Morgan fingerprint density at radius 1 is 1.07 bits per heavy atom. The molecule has 3 rings (SSSR count). The first kappa shape index (κ1) is 22.7. The topological polar surface area (TPSA) is 69.3 Å². The molecular weight excluding hydrogens is 384 g/mol. The summed E-state index contributed by atoms with van der Waals surface area (Å²) in [5, 5.41) is 3.03. The highest BCUT2D eigenvalue weighted by atomic mass is 16.5. The van der Waals surface area contributed by atoms with Crippen molar-refractivity contribution in [3.63, 3.8) is 0 Å². The van der Waals surface area contributed by atoms with Gasteiger partial charge in [0.1, 0.15) is 5.75 Å². The number of nitrogens with zero attached hydrogens (tertiary/aromatic N) is 1. The van der Waals surface area contributed by atoms with Crippen LogP contribution in [0.5, 0.6) is 17.2 Å². The summed E-state index contributed by atoms with van der Waals surface area (Å²) >= 11 is 0. The van der Waals surface area contributed by atoms with Gasteiger partial charge in [-0.25, -0.2) is 0 Å². The summed E-state index contributed by atoms with van der Waals surface area (Å²) in [6, 6.07) is 3.89. The monoisotopic (exact) mass is 420 g/mol. The van der Waals surface area contributed by atoms with Crippen LogP contribution in [0.3, 0.4) is 0 Å². The van der Waals surface area contributed by atoms with Crippen LogP contribution < -0.4 is 19.5 Å². The Morgan fingerprint density at radius 3 is 2.40 bits per heavy atom. The maximum atomic E-state index is 12.1. The lowest BCUT2D eigenvalue weighted by atomic mass is 9.91. The Morgan fingerprint density at radius 2 is 1.77 bits per heavy atom. The largest absolute Gasteiger partial charge is 0.496 e. The number of ether oxygens (including phenoxy) is 4. The molecular formula is C23H36N2O5. The molecule has 0 aromatic heterocycles. The molecule has 7 heteroatoms. The van der Waals surface area contributed by atoms with Crippen molar-refractivity contribution in [2.24, 2.45) is 5.92 Å². The molecule has 2 fully saturated rings. The van der Waals surface area contributed by atoms with Gasteiger partial charge in [-0.05, 0) is 57.2 Å². The first-order valence-electron chi connectivity index (χ1n) is 11.0. The third kappa shape index (κ3) is 6.25. The maximum absolute atomic E-state index is 12.1. The molecule has 2 saturated heterocycles. The molecule has 1 atom stereocenters. The van der Waals surface area contributed by atoms with E-state index in [1.165, 1.54) is 0 Å². The van der Waals surface area contributed by atoms with E-state index in [-0.39, 0.29) is 12.0 Å². The second-order valence-electron chi connectivity index (χ2n) is 8.22. The minimum absolute atomic E-state index is 0.156. The van der Waals surface area contributed by atoms with Gasteiger partial charge in [0.05, 0.1) is 27.4 Å². The predicted octanol–water partition coefficient (Wildman–Crippen LogP) is 3.00. The number of rotatable bonds is 10. The minimum atomic E-state index is 0.156. The fraction of sp³-hybridized carbons (Fsp3) is 0.696. The lowest BCUT2D eigenvalue weighted by Gasteiger charge is -2.32. The van der Waals surface area contributed by atoms with Gasteiger partial charge in [0.2, 0.25) is 5.91 Å². The molecule has 0 unspecified atom stereocenters. The van der Waals surface area contributed by atoms with Crippen LogP contribution in [0.15, 0.2) is 12.1 Å². The molecule has 0 radical (unpaired) electrons. The minimum Gasteiger partial charge on any atom is -0.496 e. The highest BCUT2D eigenvalue weighted by Crippen LogP contribution is 2.35. The highest BCUT2D eigenvalue weighted by molar-refractivity contribution is 5.75. The summed E-state index contributed by atoms with van der Waals surface area (Å²) in [6.07, 6.45) is 6.19. The van der Waals surface area contributed by atoms with Crippen LogP contribution in [0.4, 0.5) is 0 Å². The number of carbonyl (C=O) groups is 1. The summed E-state index contributed by atoms with van der Waals surface area (Å²) in [4.78, 5) is 14.6. The van der Waals surface area contributed by atoms with Crippen molar-refractivity contribution in [3.8, 4) is 17.2 Å². The zero-order chi connectivity index (χ0) is 21.3. The normalized spacial score (nSPS) is 20.2. The molecule has 168 valence electrons. The summed E-state index contributed by atoms with van der Waals surface area (Å²) in [5.74, 6) is 2.98. The van der Waals surface area contributed by atoms with E-state index in [1.807, 2.05) is 12.1 Å². The fourth-order valence-corrected chi connectivity index (χ4v) is 4.35. The Kier molecular flexibility index (Phi) is 8.63. The fourth-order valence-electron chi connectivity index (χ4n) is 4.35. The molecule has 7 nitrogen and oxygen atoms in total. The number of piperidine rings is 1. The van der Waals surface area contributed by atoms with Crippen LogP contribution in [0, 0.1) is 5.92 Å². The second kappa shape index (κ2) is 11.4. The second-order valence-corrected chi connectivity index (χ2v) is 8.22. The van der Waals surface area contributed by atoms with Crippen LogP contribution in [-0.2, 0) is 16.1 Å². The molecule has 30 heavy (non-hydrogen) atoms. The molecule has 1 aromatic rings. The van der Waals surface area contributed by atoms with Gasteiger partial charge >= 0.3 is 0 Å². The molecule has 1 aromatic carbocycles. The average Bonchev–Trinajstić information content (AvgIpc) is 3.30. The number of nitrogens with one attached hydrogen (secondary N) is 1. The third-order valence-corrected chi connectivity index (χ3v) is 6.22. The van der Waals surface area contributed by atoms with Gasteiger partial charge in [-0.3, -0.25) is 9.69 Å². The Labute approximate surface area is 180 Å². The quantitative estimate of drug-likeness (QED) is 0.628. The molecule has 2 heterocycles. The van der Waals surface area contributed by atoms with Gasteiger partial charge in [-0.1, -0.05) is 0 Å². The van der Waals surface area contributed by atoms with Gasteiger partial charge in [-0.2, -0.15) is 0 Å². The van der Waals surface area contributed by atoms with E-state index in [1.54, 1.807) is 21.3 Å². The summed E-state index contributed by atoms with van der Waals surface area (Å²) < 4.78 is 21.9. The number of methoxy groups -OCH3 is 3.